The van der Waals surface area contributed by atoms with Gasteiger partial charge in [0.1, 0.15) is 0 Å². The summed E-state index contributed by atoms with van der Waals surface area (Å²) in [4.78, 5) is 2.33. The maximum absolute atomic E-state index is 8.77. The van der Waals surface area contributed by atoms with Gasteiger partial charge in [-0.25, -0.2) is 0 Å². The molecule has 0 spiro atoms. The lowest BCUT2D eigenvalue weighted by molar-refractivity contribution is 0.258. The summed E-state index contributed by atoms with van der Waals surface area (Å²) in [5.41, 5.74) is 1.67. The van der Waals surface area contributed by atoms with E-state index in [9.17, 15) is 0 Å². The van der Waals surface area contributed by atoms with Crippen molar-refractivity contribution in [1.29, 1.82) is 5.26 Å². The third-order valence-corrected chi connectivity index (χ3v) is 4.64. The number of nitriles is 1. The van der Waals surface area contributed by atoms with Crippen LogP contribution in [0, 0.1) is 16.7 Å². The van der Waals surface area contributed by atoms with Crippen molar-refractivity contribution in [2.75, 3.05) is 13.6 Å². The van der Waals surface area contributed by atoms with Crippen molar-refractivity contribution >= 4 is 27.3 Å². The summed E-state index contributed by atoms with van der Waals surface area (Å²) in [5, 5.41) is 11.0. The molecule has 0 amide bonds. The van der Waals surface area contributed by atoms with Gasteiger partial charge in [-0.15, -0.1) is 11.3 Å². The summed E-state index contributed by atoms with van der Waals surface area (Å²) in [7, 11) is 2.14. The van der Waals surface area contributed by atoms with Crippen LogP contribution in [0.2, 0.25) is 0 Å². The molecule has 1 aliphatic carbocycles. The fourth-order valence-corrected chi connectivity index (χ4v) is 3.30. The van der Waals surface area contributed by atoms with Gasteiger partial charge in [0, 0.05) is 19.5 Å². The summed E-state index contributed by atoms with van der Waals surface area (Å²) >= 11 is 5.21. The van der Waals surface area contributed by atoms with Crippen LogP contribution in [0.5, 0.6) is 0 Å². The van der Waals surface area contributed by atoms with E-state index in [0.29, 0.717) is 11.8 Å². The van der Waals surface area contributed by atoms with Crippen LogP contribution in [0.25, 0.3) is 0 Å². The number of thiophene rings is 1. The van der Waals surface area contributed by atoms with Gasteiger partial charge in [0.2, 0.25) is 0 Å². The lowest BCUT2D eigenvalue weighted by atomic mass is 10.0. The van der Waals surface area contributed by atoms with Gasteiger partial charge in [-0.05, 0) is 58.2 Å². The lowest BCUT2D eigenvalue weighted by Crippen LogP contribution is -2.26. The molecule has 1 fully saturated rings. The smallest absolute Gasteiger partial charge is 0.0701 e. The Morgan fingerprint density at radius 3 is 2.88 bits per heavy atom. The van der Waals surface area contributed by atoms with E-state index >= 15 is 0 Å². The molecule has 1 heterocycles. The van der Waals surface area contributed by atoms with Gasteiger partial charge in [-0.3, -0.25) is 0 Å². The van der Waals surface area contributed by atoms with E-state index in [1.807, 2.05) is 0 Å². The predicted molar refractivity (Wildman–Crippen MR) is 70.3 cm³/mol. The van der Waals surface area contributed by atoms with Crippen LogP contribution in [0.15, 0.2) is 15.2 Å². The Morgan fingerprint density at radius 2 is 2.38 bits per heavy atom. The number of halogens is 1. The van der Waals surface area contributed by atoms with E-state index in [2.05, 4.69) is 45.4 Å². The van der Waals surface area contributed by atoms with Crippen LogP contribution in [0.3, 0.4) is 0 Å². The van der Waals surface area contributed by atoms with Crippen molar-refractivity contribution < 1.29 is 0 Å². The minimum absolute atomic E-state index is 0.316. The van der Waals surface area contributed by atoms with E-state index in [4.69, 9.17) is 5.26 Å². The summed E-state index contributed by atoms with van der Waals surface area (Å²) in [5.74, 6) is 0. The molecule has 0 N–H and O–H groups in total. The van der Waals surface area contributed by atoms with Crippen LogP contribution < -0.4 is 0 Å². The predicted octanol–water partition coefficient (Wildman–Crippen LogP) is 3.64. The Bertz CT molecular complexity index is 403. The molecule has 16 heavy (non-hydrogen) atoms. The molecule has 1 aromatic heterocycles. The summed E-state index contributed by atoms with van der Waals surface area (Å²) in [6.07, 6.45) is 3.15. The number of hydrogen-bond donors (Lipinski definition) is 0. The Kier molecular flexibility index (Phi) is 3.68. The molecule has 2 nitrogen and oxygen atoms in total. The van der Waals surface area contributed by atoms with Crippen LogP contribution in [-0.4, -0.2) is 18.5 Å². The molecular weight excluding hydrogens is 284 g/mol. The summed E-state index contributed by atoms with van der Waals surface area (Å²) < 4.78 is 1.19. The van der Waals surface area contributed by atoms with Gasteiger partial charge >= 0.3 is 0 Å². The third kappa shape index (κ3) is 3.07. The highest BCUT2D eigenvalue weighted by molar-refractivity contribution is 9.11. The molecular formula is C12H15BrN2S. The van der Waals surface area contributed by atoms with Crippen molar-refractivity contribution in [3.63, 3.8) is 0 Å². The molecule has 0 bridgehead atoms. The fourth-order valence-electron chi connectivity index (χ4n) is 2.10. The molecule has 2 rings (SSSR count). The fraction of sp³-hybridized carbons (Fsp3) is 0.583. The standard InChI is InChI=1S/C12H15BrN2S/c1-15(7-10-6-11(13)16-8-10)9-12(2-3-12)4-5-14/h6,8H,2-4,7,9H2,1H3. The zero-order valence-electron chi connectivity index (χ0n) is 9.37. The molecule has 0 radical (unpaired) electrons. The minimum atomic E-state index is 0.316. The van der Waals surface area contributed by atoms with Gasteiger partial charge in [-0.1, -0.05) is 0 Å². The van der Waals surface area contributed by atoms with Crippen molar-refractivity contribution in [3.05, 3.63) is 20.8 Å². The molecule has 86 valence electrons. The van der Waals surface area contributed by atoms with Crippen LogP contribution in [0.1, 0.15) is 24.8 Å². The minimum Gasteiger partial charge on any atom is -0.301 e. The summed E-state index contributed by atoms with van der Waals surface area (Å²) in [6, 6.07) is 4.48. The molecule has 0 unspecified atom stereocenters. The lowest BCUT2D eigenvalue weighted by Gasteiger charge is -2.21. The normalized spacial score (nSPS) is 17.4. The molecule has 0 aromatic carbocycles. The van der Waals surface area contributed by atoms with Crippen LogP contribution in [-0.2, 0) is 6.54 Å². The van der Waals surface area contributed by atoms with Gasteiger partial charge in [-0.2, -0.15) is 5.26 Å². The van der Waals surface area contributed by atoms with Gasteiger partial charge < -0.3 is 4.90 Å². The van der Waals surface area contributed by atoms with Gasteiger partial charge in [0.25, 0.3) is 0 Å². The quantitative estimate of drug-likeness (QED) is 0.830. The molecule has 0 saturated heterocycles. The second-order valence-corrected chi connectivity index (χ2v) is 7.06. The van der Waals surface area contributed by atoms with Crippen molar-refractivity contribution in [3.8, 4) is 6.07 Å². The van der Waals surface area contributed by atoms with E-state index in [1.54, 1.807) is 11.3 Å². The Balaban J connectivity index is 1.85. The zero-order valence-corrected chi connectivity index (χ0v) is 11.8. The molecule has 1 saturated carbocycles. The first kappa shape index (κ1) is 12.1. The Labute approximate surface area is 109 Å². The number of rotatable bonds is 5. The van der Waals surface area contributed by atoms with E-state index in [0.717, 1.165) is 13.1 Å². The molecule has 0 atom stereocenters. The number of nitrogens with zero attached hydrogens (tertiary/aromatic N) is 2. The second kappa shape index (κ2) is 4.87. The second-order valence-electron chi connectivity index (χ2n) is 4.77. The highest BCUT2D eigenvalue weighted by atomic mass is 79.9. The Morgan fingerprint density at radius 1 is 1.62 bits per heavy atom. The molecule has 1 aliphatic rings. The average Bonchev–Trinajstić information content (AvgIpc) is 2.82. The largest absolute Gasteiger partial charge is 0.301 e. The first-order valence-electron chi connectivity index (χ1n) is 5.42. The maximum atomic E-state index is 8.77. The first-order chi connectivity index (χ1) is 7.63. The van der Waals surface area contributed by atoms with Crippen LogP contribution in [0.4, 0.5) is 0 Å². The van der Waals surface area contributed by atoms with Crippen molar-refractivity contribution in [2.45, 2.75) is 25.8 Å². The van der Waals surface area contributed by atoms with E-state index in [1.165, 1.54) is 22.2 Å². The molecule has 4 heteroatoms. The topological polar surface area (TPSA) is 27.0 Å². The SMILES string of the molecule is CN(Cc1csc(Br)c1)CC1(CC#N)CC1. The maximum Gasteiger partial charge on any atom is 0.0701 e. The summed E-state index contributed by atoms with van der Waals surface area (Å²) in [6.45, 7) is 2.03. The van der Waals surface area contributed by atoms with Crippen LogP contribution >= 0.6 is 27.3 Å². The van der Waals surface area contributed by atoms with Gasteiger partial charge in [0.15, 0.2) is 0 Å². The molecule has 0 aliphatic heterocycles. The first-order valence-corrected chi connectivity index (χ1v) is 7.09. The van der Waals surface area contributed by atoms with Crippen molar-refractivity contribution in [1.82, 2.24) is 4.90 Å². The highest BCUT2D eigenvalue weighted by Gasteiger charge is 2.42. The van der Waals surface area contributed by atoms with Gasteiger partial charge in [0.05, 0.1) is 9.86 Å². The highest BCUT2D eigenvalue weighted by Crippen LogP contribution is 2.49. The molecule has 1 aromatic rings. The zero-order chi connectivity index (χ0) is 11.6. The van der Waals surface area contributed by atoms with E-state index < -0.39 is 0 Å². The van der Waals surface area contributed by atoms with Crippen molar-refractivity contribution in [2.24, 2.45) is 5.41 Å². The number of hydrogen-bond acceptors (Lipinski definition) is 3. The monoisotopic (exact) mass is 298 g/mol. The average molecular weight is 299 g/mol. The van der Waals surface area contributed by atoms with E-state index in [-0.39, 0.29) is 0 Å². The Hall–Kier alpha value is -0.370. The third-order valence-electron chi connectivity index (χ3n) is 3.09.